The maximum absolute atomic E-state index is 13.0. The Morgan fingerprint density at radius 3 is 0.722 bits per heavy atom. The molecule has 0 fully saturated rings. The highest BCUT2D eigenvalue weighted by Gasteiger charge is 2.19. The molecule has 0 saturated heterocycles. The summed E-state index contributed by atoms with van der Waals surface area (Å²) < 4.78 is 17.0. The Morgan fingerprint density at radius 2 is 0.456 bits per heavy atom. The monoisotopic (exact) mass is 1110 g/mol. The highest BCUT2D eigenvalue weighted by atomic mass is 16.6. The van der Waals surface area contributed by atoms with E-state index in [4.69, 9.17) is 14.2 Å². The van der Waals surface area contributed by atoms with Crippen LogP contribution in [0.15, 0.2) is 24.3 Å². The van der Waals surface area contributed by atoms with Gasteiger partial charge >= 0.3 is 17.9 Å². The Labute approximate surface area is 493 Å². The molecule has 0 spiro atoms. The van der Waals surface area contributed by atoms with Gasteiger partial charge in [-0.1, -0.05) is 360 Å². The van der Waals surface area contributed by atoms with E-state index in [0.717, 1.165) is 77.0 Å². The van der Waals surface area contributed by atoms with E-state index in [1.165, 1.54) is 289 Å². The molecule has 0 heterocycles. The molecule has 0 aliphatic carbocycles. The summed E-state index contributed by atoms with van der Waals surface area (Å²) in [7, 11) is 0. The molecular weight excluding hydrogens is 973 g/mol. The molecule has 0 amide bonds. The molecule has 0 aliphatic rings. The fourth-order valence-electron chi connectivity index (χ4n) is 11.1. The third kappa shape index (κ3) is 66.6. The fraction of sp³-hybridized carbons (Fsp3) is 0.904. The van der Waals surface area contributed by atoms with Crippen molar-refractivity contribution in [3.05, 3.63) is 24.3 Å². The van der Waals surface area contributed by atoms with Crippen LogP contribution in [0.5, 0.6) is 0 Å². The van der Waals surface area contributed by atoms with Gasteiger partial charge in [-0.15, -0.1) is 0 Å². The van der Waals surface area contributed by atoms with Crippen molar-refractivity contribution < 1.29 is 28.6 Å². The van der Waals surface area contributed by atoms with Crippen LogP contribution < -0.4 is 0 Å². The Balaban J connectivity index is 4.23. The lowest BCUT2D eigenvalue weighted by Crippen LogP contribution is -2.30. The lowest BCUT2D eigenvalue weighted by atomic mass is 10.0. The van der Waals surface area contributed by atoms with Crippen LogP contribution in [0.3, 0.4) is 0 Å². The molecular formula is C73H138O6. The maximum Gasteiger partial charge on any atom is 0.306 e. The standard InChI is InChI=1S/C73H138O6/c1-4-7-10-13-16-19-22-25-28-30-32-34-35-36-37-38-39-41-42-45-48-51-54-57-60-63-66-72(75)78-69-70(68-77-71(74)65-62-59-56-53-50-47-44-27-24-21-18-15-12-9-6-3)79-73(76)67-64-61-58-55-52-49-46-43-40-33-31-29-26-23-20-17-14-11-8-5-2/h18,21,27,44,70H,4-17,19-20,22-26,28-43,45-69H2,1-3H3/b21-18-,44-27-. The molecule has 0 rings (SSSR count). The summed E-state index contributed by atoms with van der Waals surface area (Å²) in [5.74, 6) is -0.850. The van der Waals surface area contributed by atoms with Gasteiger partial charge in [-0.3, -0.25) is 14.4 Å². The number of esters is 3. The Kier molecular flexibility index (Phi) is 66.6. The lowest BCUT2D eigenvalue weighted by molar-refractivity contribution is -0.167. The molecule has 1 unspecified atom stereocenters. The molecule has 0 saturated carbocycles. The third-order valence-corrected chi connectivity index (χ3v) is 16.5. The molecule has 0 bridgehead atoms. The van der Waals surface area contributed by atoms with E-state index in [-0.39, 0.29) is 31.1 Å². The van der Waals surface area contributed by atoms with Gasteiger partial charge in [0.15, 0.2) is 6.10 Å². The number of unbranched alkanes of at least 4 members (excludes halogenated alkanes) is 52. The molecule has 6 heteroatoms. The second-order valence-electron chi connectivity index (χ2n) is 24.5. The topological polar surface area (TPSA) is 78.9 Å². The first kappa shape index (κ1) is 76.9. The first-order chi connectivity index (χ1) is 39.0. The van der Waals surface area contributed by atoms with Crippen LogP contribution in [-0.2, 0) is 28.6 Å². The first-order valence-electron chi connectivity index (χ1n) is 35.8. The van der Waals surface area contributed by atoms with Gasteiger partial charge in [0.2, 0.25) is 0 Å². The zero-order valence-corrected chi connectivity index (χ0v) is 53.7. The predicted octanol–water partition coefficient (Wildman–Crippen LogP) is 24.6. The summed E-state index contributed by atoms with van der Waals surface area (Å²) in [6.45, 7) is 6.69. The molecule has 0 radical (unpaired) electrons. The smallest absolute Gasteiger partial charge is 0.306 e. The molecule has 466 valence electrons. The van der Waals surface area contributed by atoms with E-state index < -0.39 is 6.10 Å². The molecule has 0 aromatic rings. The van der Waals surface area contributed by atoms with E-state index >= 15 is 0 Å². The van der Waals surface area contributed by atoms with E-state index in [0.29, 0.717) is 19.3 Å². The van der Waals surface area contributed by atoms with Crippen molar-refractivity contribution in [2.24, 2.45) is 0 Å². The van der Waals surface area contributed by atoms with Crippen LogP contribution in [0.4, 0.5) is 0 Å². The van der Waals surface area contributed by atoms with E-state index in [2.05, 4.69) is 45.1 Å². The van der Waals surface area contributed by atoms with Crippen molar-refractivity contribution >= 4 is 17.9 Å². The van der Waals surface area contributed by atoms with Crippen LogP contribution in [-0.4, -0.2) is 37.2 Å². The highest BCUT2D eigenvalue weighted by Crippen LogP contribution is 2.19. The average Bonchev–Trinajstić information content (AvgIpc) is 3.45. The molecule has 0 N–H and O–H groups in total. The number of carbonyl (C=O) groups excluding carboxylic acids is 3. The lowest BCUT2D eigenvalue weighted by Gasteiger charge is -2.18. The van der Waals surface area contributed by atoms with Crippen LogP contribution >= 0.6 is 0 Å². The van der Waals surface area contributed by atoms with Gasteiger partial charge < -0.3 is 14.2 Å². The van der Waals surface area contributed by atoms with Gasteiger partial charge in [0.25, 0.3) is 0 Å². The number of carbonyl (C=O) groups is 3. The highest BCUT2D eigenvalue weighted by molar-refractivity contribution is 5.71. The summed E-state index contributed by atoms with van der Waals surface area (Å²) in [4.78, 5) is 38.4. The van der Waals surface area contributed by atoms with Crippen molar-refractivity contribution in [1.29, 1.82) is 0 Å². The second-order valence-corrected chi connectivity index (χ2v) is 24.5. The van der Waals surface area contributed by atoms with Crippen LogP contribution in [0.25, 0.3) is 0 Å². The van der Waals surface area contributed by atoms with Crippen molar-refractivity contribution in [3.8, 4) is 0 Å². The minimum atomic E-state index is -0.774. The van der Waals surface area contributed by atoms with Crippen molar-refractivity contribution in [1.82, 2.24) is 0 Å². The van der Waals surface area contributed by atoms with Crippen LogP contribution in [0, 0.1) is 0 Å². The summed E-state index contributed by atoms with van der Waals surface area (Å²) in [5, 5.41) is 0. The van der Waals surface area contributed by atoms with Crippen molar-refractivity contribution in [2.75, 3.05) is 13.2 Å². The predicted molar refractivity (Wildman–Crippen MR) is 344 cm³/mol. The maximum atomic E-state index is 13.0. The largest absolute Gasteiger partial charge is 0.462 e. The molecule has 1 atom stereocenters. The van der Waals surface area contributed by atoms with Crippen LogP contribution in [0.2, 0.25) is 0 Å². The fourth-order valence-corrected chi connectivity index (χ4v) is 11.1. The first-order valence-corrected chi connectivity index (χ1v) is 35.8. The molecule has 0 aliphatic heterocycles. The summed E-state index contributed by atoms with van der Waals surface area (Å²) in [6, 6.07) is 0. The Hall–Kier alpha value is -2.11. The SMILES string of the molecule is CCCCC/C=C\C/C=C\CCCCCCCC(=O)OCC(COC(=O)CCCCCCCCCCCCCCCCCCCCCCCCCCCC)OC(=O)CCCCCCCCCCCCCCCCCCCCCC. The number of rotatable bonds is 67. The summed E-state index contributed by atoms with van der Waals surface area (Å²) in [5.41, 5.74) is 0. The quantitative estimate of drug-likeness (QED) is 0.0261. The van der Waals surface area contributed by atoms with Gasteiger partial charge in [0, 0.05) is 19.3 Å². The number of hydrogen-bond donors (Lipinski definition) is 0. The molecule has 6 nitrogen and oxygen atoms in total. The minimum Gasteiger partial charge on any atom is -0.462 e. The molecule has 0 aromatic carbocycles. The second kappa shape index (κ2) is 68.4. The van der Waals surface area contributed by atoms with E-state index in [1.807, 2.05) is 0 Å². The van der Waals surface area contributed by atoms with E-state index in [1.54, 1.807) is 0 Å². The van der Waals surface area contributed by atoms with Gasteiger partial charge in [-0.2, -0.15) is 0 Å². The van der Waals surface area contributed by atoms with E-state index in [9.17, 15) is 14.4 Å². The Bertz CT molecular complexity index is 1270. The average molecular weight is 1110 g/mol. The van der Waals surface area contributed by atoms with Crippen molar-refractivity contribution in [3.63, 3.8) is 0 Å². The van der Waals surface area contributed by atoms with Crippen LogP contribution in [0.1, 0.15) is 406 Å². The number of ether oxygens (including phenoxy) is 3. The number of allylic oxidation sites excluding steroid dienone is 4. The molecule has 79 heavy (non-hydrogen) atoms. The Morgan fingerprint density at radius 1 is 0.253 bits per heavy atom. The summed E-state index contributed by atoms with van der Waals surface area (Å²) >= 11 is 0. The van der Waals surface area contributed by atoms with Crippen molar-refractivity contribution in [2.45, 2.75) is 412 Å². The van der Waals surface area contributed by atoms with Gasteiger partial charge in [-0.25, -0.2) is 0 Å². The minimum absolute atomic E-state index is 0.0692. The zero-order valence-electron chi connectivity index (χ0n) is 53.7. The van der Waals surface area contributed by atoms with Gasteiger partial charge in [0.05, 0.1) is 0 Å². The normalized spacial score (nSPS) is 12.1. The number of hydrogen-bond acceptors (Lipinski definition) is 6. The molecule has 0 aromatic heterocycles. The third-order valence-electron chi connectivity index (χ3n) is 16.5. The summed E-state index contributed by atoms with van der Waals surface area (Å²) in [6.07, 6.45) is 83.6. The van der Waals surface area contributed by atoms with Gasteiger partial charge in [0.1, 0.15) is 13.2 Å². The van der Waals surface area contributed by atoms with Gasteiger partial charge in [-0.05, 0) is 51.4 Å². The zero-order chi connectivity index (χ0) is 57.1.